The van der Waals surface area contributed by atoms with E-state index in [0.29, 0.717) is 37.9 Å². The topological polar surface area (TPSA) is 104 Å². The smallest absolute Gasteiger partial charge is 0.315 e. The molecule has 160 valence electrons. The number of carbonyl (C=O) groups is 1. The van der Waals surface area contributed by atoms with E-state index in [0.717, 1.165) is 18.4 Å². The van der Waals surface area contributed by atoms with Crippen molar-refractivity contribution in [2.75, 3.05) is 33.5 Å². The fourth-order valence-electron chi connectivity index (χ4n) is 3.76. The summed E-state index contributed by atoms with van der Waals surface area (Å²) in [5, 5.41) is 10.5. The van der Waals surface area contributed by atoms with Gasteiger partial charge in [-0.15, -0.1) is 0 Å². The van der Waals surface area contributed by atoms with Crippen molar-refractivity contribution in [1.29, 1.82) is 0 Å². The van der Waals surface area contributed by atoms with Crippen molar-refractivity contribution in [2.24, 2.45) is 0 Å². The quantitative estimate of drug-likeness (QED) is 0.765. The van der Waals surface area contributed by atoms with E-state index in [1.165, 1.54) is 10.7 Å². The van der Waals surface area contributed by atoms with Crippen molar-refractivity contribution >= 4 is 6.03 Å². The Morgan fingerprint density at radius 2 is 1.97 bits per heavy atom. The molecule has 1 aromatic heterocycles. The molecule has 2 amide bonds. The summed E-state index contributed by atoms with van der Waals surface area (Å²) in [6.45, 7) is 1.92. The molecule has 2 aromatic rings. The minimum Gasteiger partial charge on any atom is -0.497 e. The Kier molecular flexibility index (Phi) is 6.29. The largest absolute Gasteiger partial charge is 0.497 e. The second kappa shape index (κ2) is 9.27. The summed E-state index contributed by atoms with van der Waals surface area (Å²) in [7, 11) is 1.60. The van der Waals surface area contributed by atoms with Crippen LogP contribution in [0, 0.1) is 0 Å². The molecule has 30 heavy (non-hydrogen) atoms. The van der Waals surface area contributed by atoms with Gasteiger partial charge in [0.25, 0.3) is 5.56 Å². The highest BCUT2D eigenvalue weighted by Gasteiger charge is 2.33. The lowest BCUT2D eigenvalue weighted by atomic mass is 10.1. The molecule has 2 atom stereocenters. The molecular formula is C21H26N4O5. The van der Waals surface area contributed by atoms with E-state index in [1.54, 1.807) is 13.2 Å². The summed E-state index contributed by atoms with van der Waals surface area (Å²) in [5.41, 5.74) is 1.24. The summed E-state index contributed by atoms with van der Waals surface area (Å²) in [4.78, 5) is 25.0. The molecule has 9 nitrogen and oxygen atoms in total. The number of ether oxygens (including phenoxy) is 3. The molecule has 2 saturated heterocycles. The Labute approximate surface area is 174 Å². The highest BCUT2D eigenvalue weighted by atomic mass is 16.5. The summed E-state index contributed by atoms with van der Waals surface area (Å²) < 4.78 is 17.6. The first-order valence-corrected chi connectivity index (χ1v) is 10.1. The minimum absolute atomic E-state index is 0.0942. The number of carbonyl (C=O) groups excluding carboxylic acids is 1. The second-order valence-corrected chi connectivity index (χ2v) is 7.45. The Morgan fingerprint density at radius 3 is 2.77 bits per heavy atom. The zero-order chi connectivity index (χ0) is 20.9. The van der Waals surface area contributed by atoms with Crippen molar-refractivity contribution in [1.82, 2.24) is 20.4 Å². The van der Waals surface area contributed by atoms with Crippen LogP contribution in [0.25, 0.3) is 11.3 Å². The van der Waals surface area contributed by atoms with Crippen LogP contribution in [0.1, 0.15) is 18.9 Å². The molecule has 0 radical (unpaired) electrons. The van der Waals surface area contributed by atoms with E-state index < -0.39 is 0 Å². The van der Waals surface area contributed by atoms with Crippen LogP contribution in [0.2, 0.25) is 0 Å². The van der Waals surface area contributed by atoms with Crippen LogP contribution < -0.4 is 20.9 Å². The van der Waals surface area contributed by atoms with Crippen LogP contribution in [-0.4, -0.2) is 61.4 Å². The molecule has 1 aromatic carbocycles. The average molecular weight is 414 g/mol. The summed E-state index contributed by atoms with van der Waals surface area (Å²) in [6.07, 6.45) is 1.59. The van der Waals surface area contributed by atoms with E-state index in [1.807, 2.05) is 24.3 Å². The first kappa shape index (κ1) is 20.4. The van der Waals surface area contributed by atoms with Crippen LogP contribution in [-0.2, 0) is 9.47 Å². The summed E-state index contributed by atoms with van der Waals surface area (Å²) >= 11 is 0. The van der Waals surface area contributed by atoms with Gasteiger partial charge in [0.15, 0.2) is 0 Å². The van der Waals surface area contributed by atoms with Gasteiger partial charge in [-0.25, -0.2) is 9.48 Å². The maximum absolute atomic E-state index is 12.5. The van der Waals surface area contributed by atoms with Gasteiger partial charge in [-0.3, -0.25) is 4.79 Å². The Hall–Kier alpha value is -2.91. The standard InChI is InChI=1S/C21H26N4O5/c1-28-16-4-2-3-14(11-16)17-5-6-20(26)25(24-17)19-13-30-12-18(19)23-21(27)22-15-7-9-29-10-8-15/h2-6,11,15,18-19H,7-10,12-13H2,1H3,(H2,22,23,27). The van der Waals surface area contributed by atoms with Gasteiger partial charge in [0.1, 0.15) is 11.8 Å². The number of benzene rings is 1. The van der Waals surface area contributed by atoms with Gasteiger partial charge in [-0.1, -0.05) is 12.1 Å². The molecule has 2 aliphatic rings. The van der Waals surface area contributed by atoms with E-state index >= 15 is 0 Å². The van der Waals surface area contributed by atoms with Gasteiger partial charge >= 0.3 is 6.03 Å². The molecule has 0 saturated carbocycles. The monoisotopic (exact) mass is 414 g/mol. The van der Waals surface area contributed by atoms with Crippen LogP contribution in [0.3, 0.4) is 0 Å². The molecule has 9 heteroatoms. The summed E-state index contributed by atoms with van der Waals surface area (Å²) in [5.74, 6) is 0.709. The van der Waals surface area contributed by atoms with Gasteiger partial charge in [-0.05, 0) is 31.0 Å². The van der Waals surface area contributed by atoms with E-state index in [2.05, 4.69) is 15.7 Å². The second-order valence-electron chi connectivity index (χ2n) is 7.45. The van der Waals surface area contributed by atoms with Crippen molar-refractivity contribution in [2.45, 2.75) is 31.0 Å². The maximum Gasteiger partial charge on any atom is 0.315 e. The zero-order valence-electron chi connectivity index (χ0n) is 16.9. The fraction of sp³-hybridized carbons (Fsp3) is 0.476. The predicted molar refractivity (Wildman–Crippen MR) is 110 cm³/mol. The van der Waals surface area contributed by atoms with Gasteiger partial charge in [-0.2, -0.15) is 5.10 Å². The van der Waals surface area contributed by atoms with E-state index in [9.17, 15) is 9.59 Å². The van der Waals surface area contributed by atoms with Crippen molar-refractivity contribution in [3.63, 3.8) is 0 Å². The van der Waals surface area contributed by atoms with E-state index in [4.69, 9.17) is 14.2 Å². The summed E-state index contributed by atoms with van der Waals surface area (Å²) in [6, 6.07) is 9.75. The molecule has 2 aliphatic heterocycles. The van der Waals surface area contributed by atoms with Crippen LogP contribution in [0.5, 0.6) is 5.75 Å². The van der Waals surface area contributed by atoms with Crippen molar-refractivity contribution in [3.05, 3.63) is 46.8 Å². The molecule has 2 fully saturated rings. The minimum atomic E-state index is -0.386. The number of rotatable bonds is 5. The number of nitrogens with zero attached hydrogens (tertiary/aromatic N) is 2. The maximum atomic E-state index is 12.5. The fourth-order valence-corrected chi connectivity index (χ4v) is 3.76. The van der Waals surface area contributed by atoms with Gasteiger partial charge in [0, 0.05) is 30.9 Å². The van der Waals surface area contributed by atoms with Gasteiger partial charge < -0.3 is 24.8 Å². The highest BCUT2D eigenvalue weighted by Crippen LogP contribution is 2.23. The van der Waals surface area contributed by atoms with Gasteiger partial charge in [0.2, 0.25) is 0 Å². The molecule has 3 heterocycles. The molecule has 4 rings (SSSR count). The van der Waals surface area contributed by atoms with Crippen molar-refractivity contribution in [3.8, 4) is 17.0 Å². The first-order chi connectivity index (χ1) is 14.6. The first-order valence-electron chi connectivity index (χ1n) is 10.1. The number of nitrogens with one attached hydrogen (secondary N) is 2. The zero-order valence-corrected chi connectivity index (χ0v) is 16.9. The normalized spacial score (nSPS) is 21.9. The predicted octanol–water partition coefficient (Wildman–Crippen LogP) is 1.34. The Morgan fingerprint density at radius 1 is 1.13 bits per heavy atom. The van der Waals surface area contributed by atoms with Crippen LogP contribution >= 0.6 is 0 Å². The van der Waals surface area contributed by atoms with Crippen LogP contribution in [0.4, 0.5) is 4.79 Å². The third-order valence-electron chi connectivity index (χ3n) is 5.43. The van der Waals surface area contributed by atoms with Crippen LogP contribution in [0.15, 0.2) is 41.2 Å². The number of hydrogen-bond acceptors (Lipinski definition) is 6. The Bertz CT molecular complexity index is 941. The molecule has 2 N–H and O–H groups in total. The molecule has 0 bridgehead atoms. The highest BCUT2D eigenvalue weighted by molar-refractivity contribution is 5.74. The lowest BCUT2D eigenvalue weighted by Crippen LogP contribution is -2.51. The third kappa shape index (κ3) is 4.63. The number of aromatic nitrogens is 2. The lowest BCUT2D eigenvalue weighted by Gasteiger charge is -2.25. The van der Waals surface area contributed by atoms with Crippen molar-refractivity contribution < 1.29 is 19.0 Å². The molecule has 0 spiro atoms. The SMILES string of the molecule is COc1cccc(-c2ccc(=O)n(C3COCC3NC(=O)NC3CCOCC3)n2)c1. The lowest BCUT2D eigenvalue weighted by molar-refractivity contribution is 0.0798. The molecule has 0 aliphatic carbocycles. The molecule has 2 unspecified atom stereocenters. The number of methoxy groups -OCH3 is 1. The average Bonchev–Trinajstić information content (AvgIpc) is 3.22. The molecular weight excluding hydrogens is 388 g/mol. The van der Waals surface area contributed by atoms with Gasteiger partial charge in [0.05, 0.1) is 32.1 Å². The number of amides is 2. The number of urea groups is 1. The third-order valence-corrected chi connectivity index (χ3v) is 5.43. The Balaban J connectivity index is 1.50. The number of hydrogen-bond donors (Lipinski definition) is 2. The van der Waals surface area contributed by atoms with E-state index in [-0.39, 0.29) is 29.7 Å².